The molecule has 1 saturated heterocycles. The number of ether oxygens (including phenoxy) is 2. The van der Waals surface area contributed by atoms with Crippen molar-refractivity contribution in [3.63, 3.8) is 0 Å². The van der Waals surface area contributed by atoms with Crippen LogP contribution in [0.5, 0.6) is 11.9 Å². The molecule has 1 atom stereocenters. The normalized spacial score (nSPS) is 16.3. The molecular formula is C18H30N4O3. The summed E-state index contributed by atoms with van der Waals surface area (Å²) in [4.78, 5) is 23.4. The minimum absolute atomic E-state index is 0.0287. The second-order valence-electron chi connectivity index (χ2n) is 6.49. The molecular weight excluding hydrogens is 320 g/mol. The summed E-state index contributed by atoms with van der Waals surface area (Å²) in [7, 11) is 3.04. The number of likely N-dealkylation sites (tertiary alicyclic amines) is 1. The summed E-state index contributed by atoms with van der Waals surface area (Å²) in [5, 5.41) is 3.15. The van der Waals surface area contributed by atoms with Crippen molar-refractivity contribution < 1.29 is 14.3 Å². The van der Waals surface area contributed by atoms with E-state index in [1.54, 1.807) is 0 Å². The van der Waals surface area contributed by atoms with Crippen LogP contribution in [0.15, 0.2) is 0 Å². The number of rotatable bonds is 8. The fourth-order valence-corrected chi connectivity index (χ4v) is 3.18. The van der Waals surface area contributed by atoms with Crippen LogP contribution in [0.4, 0.5) is 0 Å². The molecule has 25 heavy (non-hydrogen) atoms. The highest BCUT2D eigenvalue weighted by Gasteiger charge is 2.20. The summed E-state index contributed by atoms with van der Waals surface area (Å²) >= 11 is 0. The van der Waals surface area contributed by atoms with Gasteiger partial charge >= 0.3 is 6.01 Å². The van der Waals surface area contributed by atoms with E-state index in [2.05, 4.69) is 27.1 Å². The van der Waals surface area contributed by atoms with Gasteiger partial charge in [0.05, 0.1) is 26.3 Å². The standard InChI is InChI=1S/C18H30N4O3/c1-5-14(12-22-9-7-6-8-10-22)20-16(23)11-15-13(2)19-18(25-4)21-17(15)24-3/h14H,5-12H2,1-4H3,(H,20,23). The molecule has 0 aromatic carbocycles. The first-order valence-corrected chi connectivity index (χ1v) is 9.04. The lowest BCUT2D eigenvalue weighted by Gasteiger charge is -2.30. The van der Waals surface area contributed by atoms with Crippen LogP contribution in [0.25, 0.3) is 0 Å². The lowest BCUT2D eigenvalue weighted by Crippen LogP contribution is -2.45. The minimum atomic E-state index is -0.0287. The molecule has 0 aliphatic carbocycles. The Morgan fingerprint density at radius 1 is 1.20 bits per heavy atom. The summed E-state index contributed by atoms with van der Waals surface area (Å²) in [6.45, 7) is 7.12. The molecule has 0 radical (unpaired) electrons. The fraction of sp³-hybridized carbons (Fsp3) is 0.722. The number of piperidine rings is 1. The van der Waals surface area contributed by atoms with Gasteiger partial charge in [-0.15, -0.1) is 0 Å². The molecule has 7 heteroatoms. The number of nitrogens with one attached hydrogen (secondary N) is 1. The smallest absolute Gasteiger partial charge is 0.319 e. The van der Waals surface area contributed by atoms with E-state index < -0.39 is 0 Å². The van der Waals surface area contributed by atoms with Crippen molar-refractivity contribution >= 4 is 5.91 Å². The Bertz CT molecular complexity index is 574. The van der Waals surface area contributed by atoms with E-state index in [1.807, 2.05) is 6.92 Å². The molecule has 1 aliphatic heterocycles. The Hall–Kier alpha value is -1.89. The number of nitrogens with zero attached hydrogens (tertiary/aromatic N) is 3. The van der Waals surface area contributed by atoms with Gasteiger partial charge in [-0.3, -0.25) is 4.79 Å². The van der Waals surface area contributed by atoms with Crippen molar-refractivity contribution in [1.29, 1.82) is 0 Å². The number of hydrogen-bond donors (Lipinski definition) is 1. The molecule has 1 N–H and O–H groups in total. The second-order valence-corrected chi connectivity index (χ2v) is 6.49. The third-order valence-corrected chi connectivity index (χ3v) is 4.65. The molecule has 1 amide bonds. The largest absolute Gasteiger partial charge is 0.481 e. The van der Waals surface area contributed by atoms with Gasteiger partial charge in [-0.1, -0.05) is 13.3 Å². The average Bonchev–Trinajstić information content (AvgIpc) is 2.63. The molecule has 7 nitrogen and oxygen atoms in total. The summed E-state index contributed by atoms with van der Waals surface area (Å²) in [5.74, 6) is 0.364. The van der Waals surface area contributed by atoms with Crippen molar-refractivity contribution in [2.75, 3.05) is 33.9 Å². The topological polar surface area (TPSA) is 76.6 Å². The second kappa shape index (κ2) is 9.56. The highest BCUT2D eigenvalue weighted by Crippen LogP contribution is 2.22. The van der Waals surface area contributed by atoms with E-state index in [9.17, 15) is 4.79 Å². The van der Waals surface area contributed by atoms with Crippen LogP contribution in [0.2, 0.25) is 0 Å². The molecule has 0 bridgehead atoms. The van der Waals surface area contributed by atoms with Gasteiger partial charge in [-0.2, -0.15) is 4.98 Å². The van der Waals surface area contributed by atoms with Crippen molar-refractivity contribution in [3.8, 4) is 11.9 Å². The molecule has 0 saturated carbocycles. The van der Waals surface area contributed by atoms with E-state index in [0.29, 0.717) is 17.1 Å². The Labute approximate surface area is 150 Å². The third-order valence-electron chi connectivity index (χ3n) is 4.65. The van der Waals surface area contributed by atoms with Crippen molar-refractivity contribution in [1.82, 2.24) is 20.2 Å². The predicted molar refractivity (Wildman–Crippen MR) is 96.1 cm³/mol. The van der Waals surface area contributed by atoms with Crippen LogP contribution in [0.1, 0.15) is 43.9 Å². The number of methoxy groups -OCH3 is 2. The van der Waals surface area contributed by atoms with Gasteiger partial charge in [0.15, 0.2) is 0 Å². The van der Waals surface area contributed by atoms with Crippen LogP contribution in [-0.2, 0) is 11.2 Å². The van der Waals surface area contributed by atoms with Gasteiger partial charge in [0, 0.05) is 18.2 Å². The number of carbonyl (C=O) groups excluding carboxylic acids is 1. The first kappa shape index (κ1) is 19.4. The molecule has 1 aliphatic rings. The van der Waals surface area contributed by atoms with E-state index in [-0.39, 0.29) is 24.4 Å². The molecule has 1 unspecified atom stereocenters. The fourth-order valence-electron chi connectivity index (χ4n) is 3.18. The van der Waals surface area contributed by atoms with Gasteiger partial charge in [0.25, 0.3) is 0 Å². The zero-order chi connectivity index (χ0) is 18.2. The summed E-state index contributed by atoms with van der Waals surface area (Å²) in [5.41, 5.74) is 1.40. The van der Waals surface area contributed by atoms with E-state index in [1.165, 1.54) is 33.5 Å². The first-order chi connectivity index (χ1) is 12.1. The Kier molecular flexibility index (Phi) is 7.43. The van der Waals surface area contributed by atoms with Crippen LogP contribution in [0, 0.1) is 6.92 Å². The maximum Gasteiger partial charge on any atom is 0.319 e. The van der Waals surface area contributed by atoms with Gasteiger partial charge in [0.1, 0.15) is 0 Å². The lowest BCUT2D eigenvalue weighted by atomic mass is 10.1. The van der Waals surface area contributed by atoms with E-state index in [4.69, 9.17) is 9.47 Å². The average molecular weight is 350 g/mol. The SMILES string of the molecule is CCC(CN1CCCCC1)NC(=O)Cc1c(C)nc(OC)nc1OC. The van der Waals surface area contributed by atoms with Gasteiger partial charge in [0.2, 0.25) is 11.8 Å². The molecule has 1 aromatic heterocycles. The number of carbonyl (C=O) groups is 1. The maximum atomic E-state index is 12.5. The number of hydrogen-bond acceptors (Lipinski definition) is 6. The molecule has 2 rings (SSSR count). The van der Waals surface area contributed by atoms with Crippen LogP contribution in [0.3, 0.4) is 0 Å². The number of aryl methyl sites for hydroxylation is 1. The number of amides is 1. The molecule has 0 spiro atoms. The van der Waals surface area contributed by atoms with Gasteiger partial charge in [-0.05, 0) is 39.3 Å². The Morgan fingerprint density at radius 2 is 1.92 bits per heavy atom. The highest BCUT2D eigenvalue weighted by molar-refractivity contribution is 5.79. The summed E-state index contributed by atoms with van der Waals surface area (Å²) < 4.78 is 10.4. The summed E-state index contributed by atoms with van der Waals surface area (Å²) in [6.07, 6.45) is 4.94. The monoisotopic (exact) mass is 350 g/mol. The van der Waals surface area contributed by atoms with Crippen LogP contribution >= 0.6 is 0 Å². The third kappa shape index (κ3) is 5.56. The molecule has 1 fully saturated rings. The van der Waals surface area contributed by atoms with E-state index >= 15 is 0 Å². The predicted octanol–water partition coefficient (Wildman–Crippen LogP) is 1.73. The number of aromatic nitrogens is 2. The molecule has 2 heterocycles. The minimum Gasteiger partial charge on any atom is -0.481 e. The van der Waals surface area contributed by atoms with Gasteiger partial charge in [-0.25, -0.2) is 4.98 Å². The highest BCUT2D eigenvalue weighted by atomic mass is 16.5. The Morgan fingerprint density at radius 3 is 2.52 bits per heavy atom. The van der Waals surface area contributed by atoms with Gasteiger partial charge < -0.3 is 19.7 Å². The zero-order valence-corrected chi connectivity index (χ0v) is 15.8. The van der Waals surface area contributed by atoms with Crippen LogP contribution in [-0.4, -0.2) is 60.7 Å². The lowest BCUT2D eigenvalue weighted by molar-refractivity contribution is -0.121. The van der Waals surface area contributed by atoms with Crippen LogP contribution < -0.4 is 14.8 Å². The zero-order valence-electron chi connectivity index (χ0n) is 15.8. The van der Waals surface area contributed by atoms with E-state index in [0.717, 1.165) is 26.1 Å². The Balaban J connectivity index is 1.98. The molecule has 1 aromatic rings. The summed E-state index contributed by atoms with van der Waals surface area (Å²) in [6, 6.07) is 0.408. The maximum absolute atomic E-state index is 12.5. The quantitative estimate of drug-likeness (QED) is 0.769. The first-order valence-electron chi connectivity index (χ1n) is 9.04. The van der Waals surface area contributed by atoms with Crippen molar-refractivity contribution in [3.05, 3.63) is 11.3 Å². The van der Waals surface area contributed by atoms with Crippen molar-refractivity contribution in [2.24, 2.45) is 0 Å². The van der Waals surface area contributed by atoms with Crippen molar-refractivity contribution in [2.45, 2.75) is 52.0 Å². The molecule has 140 valence electrons.